The molecule has 1 aliphatic rings. The average molecular weight is 384 g/mol. The molecule has 1 aromatic heterocycles. The van der Waals surface area contributed by atoms with Crippen molar-refractivity contribution in [2.75, 3.05) is 31.1 Å². The zero-order valence-electron chi connectivity index (χ0n) is 17.2. The second-order valence-electron chi connectivity index (χ2n) is 8.13. The Bertz CT molecular complexity index is 874. The van der Waals surface area contributed by atoms with Crippen LogP contribution >= 0.6 is 0 Å². The molecule has 1 fully saturated rings. The summed E-state index contributed by atoms with van der Waals surface area (Å²) in [5, 5.41) is 0. The first kappa shape index (κ1) is 19.9. The van der Waals surface area contributed by atoms with E-state index in [1.165, 1.54) is 29.1 Å². The lowest BCUT2D eigenvalue weighted by Crippen LogP contribution is -2.49. The third-order valence-electron chi connectivity index (χ3n) is 4.91. The lowest BCUT2D eigenvalue weighted by molar-refractivity contribution is -0.141. The van der Waals surface area contributed by atoms with Crippen molar-refractivity contribution in [2.45, 2.75) is 40.0 Å². The summed E-state index contributed by atoms with van der Waals surface area (Å²) in [6, 6.07) is 8.47. The smallest absolute Gasteiger partial charge is 0.329 e. The molecule has 0 spiro atoms. The Morgan fingerprint density at radius 2 is 1.71 bits per heavy atom. The van der Waals surface area contributed by atoms with Gasteiger partial charge in [-0.2, -0.15) is 4.73 Å². The van der Waals surface area contributed by atoms with Crippen LogP contribution in [-0.4, -0.2) is 52.7 Å². The number of carbonyl (C=O) groups excluding carboxylic acids is 2. The van der Waals surface area contributed by atoms with Crippen LogP contribution in [0.5, 0.6) is 0 Å². The molecule has 150 valence electrons. The van der Waals surface area contributed by atoms with E-state index in [-0.39, 0.29) is 11.3 Å². The SMILES string of the molecule is CC(=O)On1cc(C(=O)N2CCN(c3ccccc3C(C)(C)C)CC2)nc1C. The molecule has 7 nitrogen and oxygen atoms in total. The number of hydrogen-bond donors (Lipinski definition) is 0. The molecular weight excluding hydrogens is 356 g/mol. The summed E-state index contributed by atoms with van der Waals surface area (Å²) in [6.45, 7) is 12.4. The van der Waals surface area contributed by atoms with E-state index in [1.807, 2.05) is 0 Å². The van der Waals surface area contributed by atoms with E-state index in [4.69, 9.17) is 4.84 Å². The minimum atomic E-state index is -0.453. The number of imidazole rings is 1. The van der Waals surface area contributed by atoms with Crippen LogP contribution < -0.4 is 9.74 Å². The van der Waals surface area contributed by atoms with Gasteiger partial charge in [0.1, 0.15) is 11.5 Å². The summed E-state index contributed by atoms with van der Waals surface area (Å²) < 4.78 is 1.24. The summed E-state index contributed by atoms with van der Waals surface area (Å²) in [7, 11) is 0. The first-order valence-electron chi connectivity index (χ1n) is 9.55. The number of anilines is 1. The van der Waals surface area contributed by atoms with Crippen LogP contribution in [0.15, 0.2) is 30.5 Å². The second kappa shape index (κ2) is 7.66. The van der Waals surface area contributed by atoms with Gasteiger partial charge in [-0.25, -0.2) is 9.78 Å². The Balaban J connectivity index is 1.69. The van der Waals surface area contributed by atoms with Crippen LogP contribution in [0.4, 0.5) is 5.69 Å². The first-order chi connectivity index (χ1) is 13.2. The molecule has 0 unspecified atom stereocenters. The number of benzene rings is 1. The van der Waals surface area contributed by atoms with Gasteiger partial charge in [-0.3, -0.25) is 4.79 Å². The maximum atomic E-state index is 12.8. The van der Waals surface area contributed by atoms with Crippen LogP contribution in [0.25, 0.3) is 0 Å². The number of carbonyl (C=O) groups is 2. The Morgan fingerprint density at radius 1 is 1.07 bits per heavy atom. The number of aryl methyl sites for hydroxylation is 1. The normalized spacial score (nSPS) is 14.9. The van der Waals surface area contributed by atoms with Gasteiger partial charge < -0.3 is 14.6 Å². The van der Waals surface area contributed by atoms with Crippen LogP contribution in [0, 0.1) is 6.92 Å². The largest absolute Gasteiger partial charge is 0.368 e. The quantitative estimate of drug-likeness (QED) is 0.813. The van der Waals surface area contributed by atoms with Gasteiger partial charge in [0.05, 0.1) is 6.20 Å². The fourth-order valence-electron chi connectivity index (χ4n) is 3.49. The maximum absolute atomic E-state index is 12.8. The minimum Gasteiger partial charge on any atom is -0.368 e. The molecule has 0 bridgehead atoms. The molecule has 2 aromatic rings. The average Bonchev–Trinajstić information content (AvgIpc) is 3.00. The van der Waals surface area contributed by atoms with Gasteiger partial charge >= 0.3 is 5.97 Å². The minimum absolute atomic E-state index is 0.0601. The highest BCUT2D eigenvalue weighted by atomic mass is 16.7. The van der Waals surface area contributed by atoms with Gasteiger partial charge in [-0.1, -0.05) is 39.0 Å². The van der Waals surface area contributed by atoms with Crippen molar-refractivity contribution in [1.82, 2.24) is 14.6 Å². The van der Waals surface area contributed by atoms with Crippen molar-refractivity contribution in [1.29, 1.82) is 0 Å². The summed E-state index contributed by atoms with van der Waals surface area (Å²) >= 11 is 0. The second-order valence-corrected chi connectivity index (χ2v) is 8.13. The number of amides is 1. The molecule has 0 atom stereocenters. The topological polar surface area (TPSA) is 67.7 Å². The van der Waals surface area contributed by atoms with Crippen molar-refractivity contribution in [3.63, 3.8) is 0 Å². The zero-order chi connectivity index (χ0) is 20.5. The highest BCUT2D eigenvalue weighted by molar-refractivity contribution is 5.92. The number of piperazine rings is 1. The van der Waals surface area contributed by atoms with Crippen LogP contribution in [0.2, 0.25) is 0 Å². The molecule has 0 saturated carbocycles. The maximum Gasteiger partial charge on any atom is 0.329 e. The van der Waals surface area contributed by atoms with Crippen molar-refractivity contribution < 1.29 is 14.4 Å². The summed E-state index contributed by atoms with van der Waals surface area (Å²) in [5.41, 5.74) is 2.90. The lowest BCUT2D eigenvalue weighted by Gasteiger charge is -2.38. The monoisotopic (exact) mass is 384 g/mol. The third-order valence-corrected chi connectivity index (χ3v) is 4.91. The van der Waals surface area contributed by atoms with E-state index in [1.54, 1.807) is 11.8 Å². The number of para-hydroxylation sites is 1. The van der Waals surface area contributed by atoms with E-state index in [0.29, 0.717) is 24.6 Å². The number of aromatic nitrogens is 2. The molecule has 3 rings (SSSR count). The van der Waals surface area contributed by atoms with Crippen molar-refractivity contribution in [2.24, 2.45) is 0 Å². The predicted molar refractivity (Wildman–Crippen MR) is 107 cm³/mol. The van der Waals surface area contributed by atoms with E-state index < -0.39 is 5.97 Å². The number of nitrogens with zero attached hydrogens (tertiary/aromatic N) is 4. The molecule has 0 N–H and O–H groups in total. The molecular formula is C21H28N4O3. The lowest BCUT2D eigenvalue weighted by atomic mass is 9.85. The molecule has 0 radical (unpaired) electrons. The van der Waals surface area contributed by atoms with Crippen LogP contribution in [-0.2, 0) is 10.2 Å². The van der Waals surface area contributed by atoms with Gasteiger partial charge in [0.15, 0.2) is 0 Å². The molecule has 0 aliphatic carbocycles. The van der Waals surface area contributed by atoms with E-state index in [2.05, 4.69) is 54.9 Å². The highest BCUT2D eigenvalue weighted by Gasteiger charge is 2.27. The summed E-state index contributed by atoms with van der Waals surface area (Å²) in [4.78, 5) is 37.4. The fourth-order valence-corrected chi connectivity index (χ4v) is 3.49. The molecule has 1 amide bonds. The van der Waals surface area contributed by atoms with Crippen LogP contribution in [0.3, 0.4) is 0 Å². The molecule has 1 aliphatic heterocycles. The molecule has 1 aromatic carbocycles. The Hall–Kier alpha value is -2.83. The fraction of sp³-hybridized carbons (Fsp3) is 0.476. The van der Waals surface area contributed by atoms with Gasteiger partial charge in [0.25, 0.3) is 5.91 Å². The van der Waals surface area contributed by atoms with Crippen molar-refractivity contribution >= 4 is 17.6 Å². The molecule has 7 heteroatoms. The van der Waals surface area contributed by atoms with Gasteiger partial charge in [-0.05, 0) is 24.0 Å². The predicted octanol–water partition coefficient (Wildman–Crippen LogP) is 2.43. The van der Waals surface area contributed by atoms with Crippen LogP contribution in [0.1, 0.15) is 49.6 Å². The first-order valence-corrected chi connectivity index (χ1v) is 9.55. The van der Waals surface area contributed by atoms with E-state index >= 15 is 0 Å². The van der Waals surface area contributed by atoms with Gasteiger partial charge in [-0.15, -0.1) is 0 Å². The van der Waals surface area contributed by atoms with Crippen molar-refractivity contribution in [3.8, 4) is 0 Å². The Kier molecular flexibility index (Phi) is 5.45. The molecule has 2 heterocycles. The highest BCUT2D eigenvalue weighted by Crippen LogP contribution is 2.32. The zero-order valence-corrected chi connectivity index (χ0v) is 17.2. The summed E-state index contributed by atoms with van der Waals surface area (Å²) in [5.74, 6) is -0.125. The standard InChI is InChI=1S/C21H28N4O3/c1-15-22-18(14-25(15)28-16(2)26)20(27)24-12-10-23(11-13-24)19-9-7-6-8-17(19)21(3,4)5/h6-9,14H,10-13H2,1-5H3. The van der Waals surface area contributed by atoms with E-state index in [9.17, 15) is 9.59 Å². The number of rotatable bonds is 3. The van der Waals surface area contributed by atoms with Gasteiger partial charge in [0.2, 0.25) is 0 Å². The van der Waals surface area contributed by atoms with E-state index in [0.717, 1.165) is 13.1 Å². The Morgan fingerprint density at radius 3 is 2.32 bits per heavy atom. The molecule has 1 saturated heterocycles. The Labute approximate surface area is 165 Å². The third kappa shape index (κ3) is 4.18. The van der Waals surface area contributed by atoms with Gasteiger partial charge in [0, 0.05) is 38.8 Å². The van der Waals surface area contributed by atoms with Crippen molar-refractivity contribution in [3.05, 3.63) is 47.5 Å². The number of hydrogen-bond acceptors (Lipinski definition) is 5. The molecule has 28 heavy (non-hydrogen) atoms. The summed E-state index contributed by atoms with van der Waals surface area (Å²) in [6.07, 6.45) is 1.47.